The van der Waals surface area contributed by atoms with E-state index in [1.54, 1.807) is 0 Å². The van der Waals surface area contributed by atoms with Gasteiger partial charge in [-0.05, 0) is 43.6 Å². The Labute approximate surface area is 108 Å². The maximum absolute atomic E-state index is 5.74. The van der Waals surface area contributed by atoms with Gasteiger partial charge < -0.3 is 15.6 Å². The number of nitrogens with two attached hydrogens (primary N) is 1. The number of rotatable bonds is 7. The van der Waals surface area contributed by atoms with Crippen molar-refractivity contribution in [3.8, 4) is 0 Å². The summed E-state index contributed by atoms with van der Waals surface area (Å²) < 4.78 is 2.10. The zero-order valence-corrected chi connectivity index (χ0v) is 10.5. The molecule has 4 heteroatoms. The van der Waals surface area contributed by atoms with Gasteiger partial charge in [0, 0.05) is 24.6 Å². The molecule has 0 radical (unpaired) electrons. The first-order chi connectivity index (χ1) is 8.84. The number of anilines is 1. The van der Waals surface area contributed by atoms with Crippen molar-refractivity contribution in [1.82, 2.24) is 14.9 Å². The zero-order valence-electron chi connectivity index (χ0n) is 10.5. The molecule has 3 N–H and O–H groups in total. The number of nitrogen functional groups attached to an aromatic ring is 1. The van der Waals surface area contributed by atoms with E-state index in [9.17, 15) is 0 Å². The van der Waals surface area contributed by atoms with Crippen molar-refractivity contribution < 1.29 is 0 Å². The second-order valence-electron chi connectivity index (χ2n) is 4.40. The first-order valence-electron chi connectivity index (χ1n) is 6.35. The largest absolute Gasteiger partial charge is 0.399 e. The molecule has 18 heavy (non-hydrogen) atoms. The second kappa shape index (κ2) is 6.81. The molecule has 1 heterocycles. The first-order valence-corrected chi connectivity index (χ1v) is 6.35. The van der Waals surface area contributed by atoms with Crippen LogP contribution in [0.3, 0.4) is 0 Å². The summed E-state index contributed by atoms with van der Waals surface area (Å²) in [6, 6.07) is 8.07. The summed E-state index contributed by atoms with van der Waals surface area (Å²) in [6.07, 6.45) is 7.80. The summed E-state index contributed by atoms with van der Waals surface area (Å²) in [5.41, 5.74) is 7.87. The molecule has 0 aliphatic carbocycles. The highest BCUT2D eigenvalue weighted by molar-refractivity contribution is 5.40. The quantitative estimate of drug-likeness (QED) is 0.575. The molecule has 0 unspecified atom stereocenters. The Kier molecular flexibility index (Phi) is 4.78. The smallest absolute Gasteiger partial charge is 0.0945 e. The average Bonchev–Trinajstić information content (AvgIpc) is 2.87. The minimum Gasteiger partial charge on any atom is -0.399 e. The molecule has 0 fully saturated rings. The second-order valence-corrected chi connectivity index (χ2v) is 4.40. The van der Waals surface area contributed by atoms with Crippen molar-refractivity contribution in [2.75, 3.05) is 18.8 Å². The summed E-state index contributed by atoms with van der Waals surface area (Å²) >= 11 is 0. The van der Waals surface area contributed by atoms with Crippen LogP contribution in [-0.2, 0) is 13.0 Å². The molecule has 4 nitrogen and oxygen atoms in total. The summed E-state index contributed by atoms with van der Waals surface area (Å²) in [6.45, 7) is 3.04. The van der Waals surface area contributed by atoms with E-state index in [1.807, 2.05) is 36.9 Å². The maximum atomic E-state index is 5.74. The van der Waals surface area contributed by atoms with Crippen LogP contribution in [0.15, 0.2) is 43.0 Å². The third-order valence-electron chi connectivity index (χ3n) is 2.87. The molecule has 0 spiro atoms. The summed E-state index contributed by atoms with van der Waals surface area (Å²) in [4.78, 5) is 4.02. The molecule has 0 aliphatic rings. The highest BCUT2D eigenvalue weighted by atomic mass is 15.0. The van der Waals surface area contributed by atoms with Crippen LogP contribution in [0.5, 0.6) is 0 Å². The van der Waals surface area contributed by atoms with Crippen molar-refractivity contribution >= 4 is 5.69 Å². The monoisotopic (exact) mass is 244 g/mol. The standard InChI is InChI=1S/C14H20N4/c15-14-4-1-3-13(11-14)5-7-16-6-2-9-18-10-8-17-12-18/h1,3-4,8,10-12,16H,2,5-7,9,15H2. The van der Waals surface area contributed by atoms with E-state index in [2.05, 4.69) is 20.9 Å². The molecular weight excluding hydrogens is 224 g/mol. The number of benzene rings is 1. The number of nitrogens with zero attached hydrogens (tertiary/aromatic N) is 2. The molecule has 0 saturated heterocycles. The van der Waals surface area contributed by atoms with E-state index in [-0.39, 0.29) is 0 Å². The lowest BCUT2D eigenvalue weighted by molar-refractivity contribution is 0.582. The summed E-state index contributed by atoms with van der Waals surface area (Å²) in [5, 5.41) is 3.44. The highest BCUT2D eigenvalue weighted by Crippen LogP contribution is 2.06. The minimum atomic E-state index is 0.840. The predicted octanol–water partition coefficient (Wildman–Crippen LogP) is 1.69. The van der Waals surface area contributed by atoms with Crippen LogP contribution in [-0.4, -0.2) is 22.6 Å². The van der Waals surface area contributed by atoms with Crippen molar-refractivity contribution in [3.05, 3.63) is 48.5 Å². The van der Waals surface area contributed by atoms with Gasteiger partial charge in [-0.1, -0.05) is 12.1 Å². The van der Waals surface area contributed by atoms with Gasteiger partial charge in [-0.15, -0.1) is 0 Å². The van der Waals surface area contributed by atoms with Crippen molar-refractivity contribution in [3.63, 3.8) is 0 Å². The van der Waals surface area contributed by atoms with Crippen LogP contribution in [0.4, 0.5) is 5.69 Å². The van der Waals surface area contributed by atoms with Crippen LogP contribution in [0.2, 0.25) is 0 Å². The molecule has 0 amide bonds. The number of hydrogen-bond donors (Lipinski definition) is 2. The molecule has 96 valence electrons. The SMILES string of the molecule is Nc1cccc(CCNCCCn2ccnc2)c1. The Morgan fingerprint density at radius 1 is 1.28 bits per heavy atom. The summed E-state index contributed by atoms with van der Waals surface area (Å²) in [7, 11) is 0. The van der Waals surface area contributed by atoms with Crippen molar-refractivity contribution in [1.29, 1.82) is 0 Å². The number of hydrogen-bond acceptors (Lipinski definition) is 3. The first kappa shape index (κ1) is 12.6. The van der Waals surface area contributed by atoms with Gasteiger partial charge in [0.25, 0.3) is 0 Å². The number of imidazole rings is 1. The topological polar surface area (TPSA) is 55.9 Å². The van der Waals surface area contributed by atoms with Crippen LogP contribution < -0.4 is 11.1 Å². The molecule has 0 atom stereocenters. The molecule has 2 rings (SSSR count). The van der Waals surface area contributed by atoms with Gasteiger partial charge in [0.2, 0.25) is 0 Å². The lowest BCUT2D eigenvalue weighted by Gasteiger charge is -2.06. The van der Waals surface area contributed by atoms with Gasteiger partial charge >= 0.3 is 0 Å². The van der Waals surface area contributed by atoms with Gasteiger partial charge in [-0.3, -0.25) is 0 Å². The van der Waals surface area contributed by atoms with E-state index in [1.165, 1.54) is 5.56 Å². The number of nitrogens with one attached hydrogen (secondary N) is 1. The van der Waals surface area contributed by atoms with Crippen molar-refractivity contribution in [2.24, 2.45) is 0 Å². The van der Waals surface area contributed by atoms with Gasteiger partial charge in [-0.25, -0.2) is 4.98 Å². The molecule has 2 aromatic rings. The number of aryl methyl sites for hydroxylation is 1. The molecular formula is C14H20N4. The average molecular weight is 244 g/mol. The lowest BCUT2D eigenvalue weighted by atomic mass is 10.1. The third kappa shape index (κ3) is 4.22. The Morgan fingerprint density at radius 3 is 3.00 bits per heavy atom. The molecule has 0 saturated carbocycles. The lowest BCUT2D eigenvalue weighted by Crippen LogP contribution is -2.19. The molecule has 0 aliphatic heterocycles. The van der Waals surface area contributed by atoms with Gasteiger partial charge in [-0.2, -0.15) is 0 Å². The Morgan fingerprint density at radius 2 is 2.22 bits per heavy atom. The zero-order chi connectivity index (χ0) is 12.6. The Hall–Kier alpha value is -1.81. The van der Waals surface area contributed by atoms with E-state index in [0.29, 0.717) is 0 Å². The highest BCUT2D eigenvalue weighted by Gasteiger charge is 1.94. The normalized spacial score (nSPS) is 10.7. The van der Waals surface area contributed by atoms with E-state index in [0.717, 1.165) is 38.2 Å². The van der Waals surface area contributed by atoms with Gasteiger partial charge in [0.1, 0.15) is 0 Å². The van der Waals surface area contributed by atoms with Crippen LogP contribution in [0.25, 0.3) is 0 Å². The fraction of sp³-hybridized carbons (Fsp3) is 0.357. The molecule has 1 aromatic carbocycles. The fourth-order valence-corrected chi connectivity index (χ4v) is 1.91. The van der Waals surface area contributed by atoms with Crippen LogP contribution in [0.1, 0.15) is 12.0 Å². The molecule has 0 bridgehead atoms. The van der Waals surface area contributed by atoms with Gasteiger partial charge in [0.15, 0.2) is 0 Å². The molecule has 1 aromatic heterocycles. The van der Waals surface area contributed by atoms with Crippen LogP contribution in [0, 0.1) is 0 Å². The Balaban J connectivity index is 1.56. The maximum Gasteiger partial charge on any atom is 0.0945 e. The third-order valence-corrected chi connectivity index (χ3v) is 2.87. The van der Waals surface area contributed by atoms with Gasteiger partial charge in [0.05, 0.1) is 6.33 Å². The minimum absolute atomic E-state index is 0.840. The van der Waals surface area contributed by atoms with Crippen molar-refractivity contribution in [2.45, 2.75) is 19.4 Å². The van der Waals surface area contributed by atoms with Crippen LogP contribution >= 0.6 is 0 Å². The van der Waals surface area contributed by atoms with E-state index in [4.69, 9.17) is 5.73 Å². The number of aromatic nitrogens is 2. The van der Waals surface area contributed by atoms with E-state index < -0.39 is 0 Å². The summed E-state index contributed by atoms with van der Waals surface area (Å²) in [5.74, 6) is 0. The van der Waals surface area contributed by atoms with E-state index >= 15 is 0 Å². The predicted molar refractivity (Wildman–Crippen MR) is 74.3 cm³/mol. The Bertz CT molecular complexity index is 451. The fourth-order valence-electron chi connectivity index (χ4n) is 1.91.